The predicted molar refractivity (Wildman–Crippen MR) is 69.8 cm³/mol. The molecule has 0 amide bonds. The van der Waals surface area contributed by atoms with Gasteiger partial charge in [-0.1, -0.05) is 12.1 Å². The Labute approximate surface area is 107 Å². The van der Waals surface area contributed by atoms with Gasteiger partial charge in [-0.05, 0) is 24.1 Å². The fourth-order valence-corrected chi connectivity index (χ4v) is 1.89. The monoisotopic (exact) mass is 247 g/mol. The van der Waals surface area contributed by atoms with Crippen molar-refractivity contribution in [1.82, 2.24) is 14.9 Å². The first kappa shape index (κ1) is 12.8. The second-order valence-corrected chi connectivity index (χ2v) is 4.46. The summed E-state index contributed by atoms with van der Waals surface area (Å²) in [6.45, 7) is 3.40. The molecular formula is C14H18FN3. The zero-order valence-corrected chi connectivity index (χ0v) is 10.8. The highest BCUT2D eigenvalue weighted by Gasteiger charge is 2.00. The lowest BCUT2D eigenvalue weighted by molar-refractivity contribution is 0.614. The molecule has 0 unspecified atom stereocenters. The molecule has 0 fully saturated rings. The lowest BCUT2D eigenvalue weighted by Crippen LogP contribution is -2.18. The number of aryl methyl sites for hydroxylation is 2. The highest BCUT2D eigenvalue weighted by Crippen LogP contribution is 2.08. The van der Waals surface area contributed by atoms with E-state index in [9.17, 15) is 4.39 Å². The van der Waals surface area contributed by atoms with E-state index in [2.05, 4.69) is 10.3 Å². The van der Waals surface area contributed by atoms with Gasteiger partial charge >= 0.3 is 0 Å². The smallest absolute Gasteiger partial charge is 0.126 e. The maximum atomic E-state index is 13.1. The first-order valence-corrected chi connectivity index (χ1v) is 6.09. The molecule has 0 aliphatic rings. The molecule has 96 valence electrons. The second kappa shape index (κ2) is 5.78. The average molecular weight is 247 g/mol. The third-order valence-electron chi connectivity index (χ3n) is 3.00. The summed E-state index contributed by atoms with van der Waals surface area (Å²) in [5.74, 6) is 0.921. The summed E-state index contributed by atoms with van der Waals surface area (Å²) < 4.78 is 15.1. The molecule has 18 heavy (non-hydrogen) atoms. The Morgan fingerprint density at radius 3 is 2.89 bits per heavy atom. The molecule has 1 heterocycles. The molecule has 1 N–H and O–H groups in total. The predicted octanol–water partition coefficient (Wildman–Crippen LogP) is 2.20. The van der Waals surface area contributed by atoms with Crippen LogP contribution in [-0.4, -0.2) is 16.1 Å². The maximum Gasteiger partial charge on any atom is 0.126 e. The van der Waals surface area contributed by atoms with Gasteiger partial charge in [0.05, 0.1) is 0 Å². The quantitative estimate of drug-likeness (QED) is 0.821. The Morgan fingerprint density at radius 1 is 1.39 bits per heavy atom. The van der Waals surface area contributed by atoms with Gasteiger partial charge in [-0.3, -0.25) is 0 Å². The lowest BCUT2D eigenvalue weighted by atomic mass is 10.1. The van der Waals surface area contributed by atoms with Crippen LogP contribution in [0, 0.1) is 12.7 Å². The zero-order chi connectivity index (χ0) is 13.0. The van der Waals surface area contributed by atoms with Crippen LogP contribution in [0.5, 0.6) is 0 Å². The topological polar surface area (TPSA) is 29.9 Å². The highest BCUT2D eigenvalue weighted by atomic mass is 19.1. The number of imidazole rings is 1. The first-order chi connectivity index (χ1) is 8.66. The standard InChI is InChI=1S/C14H18FN3/c1-11-9-12(3-4-13(11)15)10-16-6-5-14-17-7-8-18(14)2/h3-4,7-9,16H,5-6,10H2,1-2H3. The summed E-state index contributed by atoms with van der Waals surface area (Å²) >= 11 is 0. The largest absolute Gasteiger partial charge is 0.338 e. The van der Waals surface area contributed by atoms with Crippen LogP contribution in [0.1, 0.15) is 17.0 Å². The molecule has 0 atom stereocenters. The van der Waals surface area contributed by atoms with Crippen molar-refractivity contribution in [2.24, 2.45) is 7.05 Å². The zero-order valence-electron chi connectivity index (χ0n) is 10.8. The van der Waals surface area contributed by atoms with Crippen LogP contribution in [-0.2, 0) is 20.0 Å². The van der Waals surface area contributed by atoms with Gasteiger partial charge in [-0.15, -0.1) is 0 Å². The minimum atomic E-state index is -0.147. The minimum absolute atomic E-state index is 0.147. The van der Waals surface area contributed by atoms with Crippen molar-refractivity contribution < 1.29 is 4.39 Å². The number of nitrogens with zero attached hydrogens (tertiary/aromatic N) is 2. The number of nitrogens with one attached hydrogen (secondary N) is 1. The molecule has 1 aromatic heterocycles. The van der Waals surface area contributed by atoms with E-state index >= 15 is 0 Å². The molecule has 0 aliphatic carbocycles. The van der Waals surface area contributed by atoms with Crippen molar-refractivity contribution in [3.63, 3.8) is 0 Å². The van der Waals surface area contributed by atoms with E-state index in [1.54, 1.807) is 13.1 Å². The molecule has 3 nitrogen and oxygen atoms in total. The number of rotatable bonds is 5. The first-order valence-electron chi connectivity index (χ1n) is 6.09. The van der Waals surface area contributed by atoms with Crippen LogP contribution >= 0.6 is 0 Å². The van der Waals surface area contributed by atoms with Gasteiger partial charge in [-0.2, -0.15) is 0 Å². The number of hydrogen-bond acceptors (Lipinski definition) is 2. The van der Waals surface area contributed by atoms with E-state index in [4.69, 9.17) is 0 Å². The van der Waals surface area contributed by atoms with Gasteiger partial charge in [-0.25, -0.2) is 9.37 Å². The molecule has 4 heteroatoms. The molecule has 2 aromatic rings. The molecular weight excluding hydrogens is 229 g/mol. The van der Waals surface area contributed by atoms with Crippen molar-refractivity contribution in [1.29, 1.82) is 0 Å². The van der Waals surface area contributed by atoms with Crippen LogP contribution in [0.4, 0.5) is 4.39 Å². The van der Waals surface area contributed by atoms with Crippen LogP contribution in [0.3, 0.4) is 0 Å². The Kier molecular flexibility index (Phi) is 4.10. The van der Waals surface area contributed by atoms with Crippen molar-refractivity contribution >= 4 is 0 Å². The fourth-order valence-electron chi connectivity index (χ4n) is 1.89. The number of aromatic nitrogens is 2. The lowest BCUT2D eigenvalue weighted by Gasteiger charge is -2.06. The van der Waals surface area contributed by atoms with E-state index in [-0.39, 0.29) is 5.82 Å². The molecule has 0 bridgehead atoms. The van der Waals surface area contributed by atoms with Crippen molar-refractivity contribution in [2.75, 3.05) is 6.54 Å². The van der Waals surface area contributed by atoms with Gasteiger partial charge in [0.15, 0.2) is 0 Å². The summed E-state index contributed by atoms with van der Waals surface area (Å²) in [5, 5.41) is 3.34. The average Bonchev–Trinajstić information content (AvgIpc) is 2.75. The number of halogens is 1. The van der Waals surface area contributed by atoms with Crippen LogP contribution < -0.4 is 5.32 Å². The molecule has 0 radical (unpaired) electrons. The molecule has 0 saturated heterocycles. The molecule has 2 rings (SSSR count). The van der Waals surface area contributed by atoms with E-state index < -0.39 is 0 Å². The summed E-state index contributed by atoms with van der Waals surface area (Å²) in [6, 6.07) is 5.21. The Bertz CT molecular complexity index is 520. The molecule has 0 saturated carbocycles. The fraction of sp³-hybridized carbons (Fsp3) is 0.357. The van der Waals surface area contributed by atoms with Gasteiger partial charge in [0.2, 0.25) is 0 Å². The van der Waals surface area contributed by atoms with E-state index in [0.29, 0.717) is 5.56 Å². The Balaban J connectivity index is 1.78. The third-order valence-corrected chi connectivity index (χ3v) is 3.00. The van der Waals surface area contributed by atoms with E-state index in [0.717, 1.165) is 30.9 Å². The summed E-state index contributed by atoms with van der Waals surface area (Å²) in [5.41, 5.74) is 1.80. The third kappa shape index (κ3) is 3.17. The highest BCUT2D eigenvalue weighted by molar-refractivity contribution is 5.23. The van der Waals surface area contributed by atoms with E-state index in [1.807, 2.05) is 29.9 Å². The summed E-state index contributed by atoms with van der Waals surface area (Å²) in [6.07, 6.45) is 4.64. The van der Waals surface area contributed by atoms with Crippen LogP contribution in [0.25, 0.3) is 0 Å². The Hall–Kier alpha value is -1.68. The second-order valence-electron chi connectivity index (χ2n) is 4.46. The molecule has 1 aromatic carbocycles. The minimum Gasteiger partial charge on any atom is -0.338 e. The number of hydrogen-bond donors (Lipinski definition) is 1. The van der Waals surface area contributed by atoms with Gasteiger partial charge in [0.1, 0.15) is 11.6 Å². The van der Waals surface area contributed by atoms with E-state index in [1.165, 1.54) is 6.07 Å². The van der Waals surface area contributed by atoms with Gasteiger partial charge in [0.25, 0.3) is 0 Å². The SMILES string of the molecule is Cc1cc(CNCCc2nccn2C)ccc1F. The summed E-state index contributed by atoms with van der Waals surface area (Å²) in [4.78, 5) is 4.26. The Morgan fingerprint density at radius 2 is 2.22 bits per heavy atom. The van der Waals surface area contributed by atoms with Crippen LogP contribution in [0.15, 0.2) is 30.6 Å². The van der Waals surface area contributed by atoms with Crippen molar-refractivity contribution in [3.8, 4) is 0 Å². The van der Waals surface area contributed by atoms with Gasteiger partial charge < -0.3 is 9.88 Å². The molecule has 0 spiro atoms. The normalized spacial score (nSPS) is 10.8. The van der Waals surface area contributed by atoms with Crippen LogP contribution in [0.2, 0.25) is 0 Å². The van der Waals surface area contributed by atoms with Crippen molar-refractivity contribution in [3.05, 3.63) is 53.4 Å². The maximum absolute atomic E-state index is 13.1. The van der Waals surface area contributed by atoms with Crippen molar-refractivity contribution in [2.45, 2.75) is 19.9 Å². The number of benzene rings is 1. The van der Waals surface area contributed by atoms with Gasteiger partial charge in [0, 0.05) is 39.0 Å². The summed E-state index contributed by atoms with van der Waals surface area (Å²) in [7, 11) is 1.99. The molecule has 0 aliphatic heterocycles.